The number of nitrogens with zero attached hydrogens (tertiary/aromatic N) is 1. The Labute approximate surface area is 156 Å². The average Bonchev–Trinajstić information content (AvgIpc) is 3.05. The number of H-pyrrole nitrogens is 1. The van der Waals surface area contributed by atoms with Crippen molar-refractivity contribution in [2.24, 2.45) is 4.99 Å². The molecule has 1 aromatic heterocycles. The first-order valence-electron chi connectivity index (χ1n) is 9.40. The van der Waals surface area contributed by atoms with E-state index in [4.69, 9.17) is 9.47 Å². The van der Waals surface area contributed by atoms with Gasteiger partial charge in [0.05, 0.1) is 13.2 Å². The van der Waals surface area contributed by atoms with Gasteiger partial charge in [-0.25, -0.2) is 0 Å². The summed E-state index contributed by atoms with van der Waals surface area (Å²) in [6.45, 7) is 8.64. The lowest BCUT2D eigenvalue weighted by atomic mass is 10.1. The van der Waals surface area contributed by atoms with Crippen LogP contribution in [0.15, 0.2) is 29.4 Å². The number of hydrogen-bond donors (Lipinski definition) is 3. The van der Waals surface area contributed by atoms with Crippen molar-refractivity contribution in [2.75, 3.05) is 46.6 Å². The summed E-state index contributed by atoms with van der Waals surface area (Å²) in [6.07, 6.45) is 3.97. The fourth-order valence-electron chi connectivity index (χ4n) is 2.83. The van der Waals surface area contributed by atoms with Crippen molar-refractivity contribution in [3.05, 3.63) is 35.5 Å². The number of aromatic amines is 1. The van der Waals surface area contributed by atoms with Crippen molar-refractivity contribution in [3.63, 3.8) is 0 Å². The number of guanidine groups is 1. The quantitative estimate of drug-likeness (QED) is 0.327. The predicted molar refractivity (Wildman–Crippen MR) is 108 cm³/mol. The van der Waals surface area contributed by atoms with Crippen LogP contribution in [0, 0.1) is 6.92 Å². The second-order valence-electron chi connectivity index (χ2n) is 6.21. The Morgan fingerprint density at radius 3 is 2.88 bits per heavy atom. The third-order valence-electron chi connectivity index (χ3n) is 4.19. The molecule has 0 saturated heterocycles. The van der Waals surface area contributed by atoms with Crippen LogP contribution in [0.2, 0.25) is 0 Å². The summed E-state index contributed by atoms with van der Waals surface area (Å²) in [4.78, 5) is 7.99. The van der Waals surface area contributed by atoms with Crippen LogP contribution < -0.4 is 10.6 Å². The molecule has 0 spiro atoms. The smallest absolute Gasteiger partial charge is 0.191 e. The number of para-hydroxylation sites is 1. The van der Waals surface area contributed by atoms with Crippen LogP contribution in [0.25, 0.3) is 10.9 Å². The molecular formula is C20H32N4O2. The largest absolute Gasteiger partial charge is 0.382 e. The molecular weight excluding hydrogens is 328 g/mol. The van der Waals surface area contributed by atoms with Crippen molar-refractivity contribution in [1.29, 1.82) is 0 Å². The molecule has 0 aliphatic rings. The Morgan fingerprint density at radius 1 is 1.19 bits per heavy atom. The molecule has 0 aliphatic carbocycles. The molecule has 26 heavy (non-hydrogen) atoms. The first kappa shape index (κ1) is 20.3. The van der Waals surface area contributed by atoms with Gasteiger partial charge in [0.2, 0.25) is 0 Å². The Hall–Kier alpha value is -2.05. The van der Waals surface area contributed by atoms with E-state index in [1.54, 1.807) is 7.11 Å². The summed E-state index contributed by atoms with van der Waals surface area (Å²) in [6, 6.07) is 6.43. The summed E-state index contributed by atoms with van der Waals surface area (Å²) >= 11 is 0. The second kappa shape index (κ2) is 11.5. The molecule has 0 atom stereocenters. The molecule has 0 saturated carbocycles. The van der Waals surface area contributed by atoms with Gasteiger partial charge in [-0.1, -0.05) is 18.2 Å². The van der Waals surface area contributed by atoms with Crippen molar-refractivity contribution < 1.29 is 9.47 Å². The highest BCUT2D eigenvalue weighted by Crippen LogP contribution is 2.21. The number of methoxy groups -OCH3 is 1. The van der Waals surface area contributed by atoms with Gasteiger partial charge in [-0.2, -0.15) is 0 Å². The summed E-state index contributed by atoms with van der Waals surface area (Å²) in [5.74, 6) is 0.861. The highest BCUT2D eigenvalue weighted by Gasteiger charge is 2.05. The molecule has 0 aliphatic heterocycles. The minimum atomic E-state index is 0.640. The zero-order valence-corrected chi connectivity index (χ0v) is 16.2. The van der Waals surface area contributed by atoms with Crippen LogP contribution in [-0.2, 0) is 15.9 Å². The van der Waals surface area contributed by atoms with Crippen LogP contribution in [-0.4, -0.2) is 57.5 Å². The minimum absolute atomic E-state index is 0.640. The van der Waals surface area contributed by atoms with Crippen molar-refractivity contribution in [1.82, 2.24) is 15.6 Å². The van der Waals surface area contributed by atoms with Gasteiger partial charge in [0, 0.05) is 50.5 Å². The number of aromatic nitrogens is 1. The maximum Gasteiger partial charge on any atom is 0.191 e. The zero-order valence-electron chi connectivity index (χ0n) is 16.2. The van der Waals surface area contributed by atoms with Crippen molar-refractivity contribution in [2.45, 2.75) is 26.7 Å². The topological polar surface area (TPSA) is 70.7 Å². The van der Waals surface area contributed by atoms with E-state index in [-0.39, 0.29) is 0 Å². The molecule has 0 amide bonds. The molecule has 2 aromatic rings. The number of rotatable bonds is 11. The number of hydrogen-bond acceptors (Lipinski definition) is 3. The maximum absolute atomic E-state index is 5.46. The van der Waals surface area contributed by atoms with Crippen LogP contribution >= 0.6 is 0 Å². The van der Waals surface area contributed by atoms with Crippen LogP contribution in [0.1, 0.15) is 24.5 Å². The van der Waals surface area contributed by atoms with E-state index < -0.39 is 0 Å². The number of aliphatic imine (C=N–C) groups is 1. The highest BCUT2D eigenvalue weighted by molar-refractivity contribution is 5.86. The number of nitrogens with one attached hydrogen (secondary N) is 3. The molecule has 2 rings (SSSR count). The predicted octanol–water partition coefficient (Wildman–Crippen LogP) is 2.63. The van der Waals surface area contributed by atoms with E-state index in [1.807, 2.05) is 0 Å². The SMILES string of the molecule is CCNC(=NCCCOCCOC)NCCc1c[nH]c2c(C)cccc12. The molecule has 1 aromatic carbocycles. The van der Waals surface area contributed by atoms with Crippen molar-refractivity contribution in [3.8, 4) is 0 Å². The molecule has 6 nitrogen and oxygen atoms in total. The molecule has 6 heteroatoms. The van der Waals surface area contributed by atoms with Crippen molar-refractivity contribution >= 4 is 16.9 Å². The maximum atomic E-state index is 5.46. The standard InChI is InChI=1S/C20H32N4O2/c1-4-21-20(22-10-6-12-26-14-13-25-3)23-11-9-17-15-24-19-16(2)7-5-8-18(17)19/h5,7-8,15,24H,4,6,9-14H2,1-3H3,(H2,21,22,23). The van der Waals surface area contributed by atoms with E-state index in [0.717, 1.165) is 38.4 Å². The van der Waals surface area contributed by atoms with Gasteiger partial charge in [-0.3, -0.25) is 4.99 Å². The number of fused-ring (bicyclic) bond motifs is 1. The molecule has 0 unspecified atom stereocenters. The van der Waals surface area contributed by atoms with E-state index in [0.29, 0.717) is 19.8 Å². The number of ether oxygens (including phenoxy) is 2. The Bertz CT molecular complexity index is 682. The minimum Gasteiger partial charge on any atom is -0.382 e. The molecule has 1 heterocycles. The fraction of sp³-hybridized carbons (Fsp3) is 0.550. The average molecular weight is 361 g/mol. The lowest BCUT2D eigenvalue weighted by Crippen LogP contribution is -2.38. The van der Waals surface area contributed by atoms with E-state index in [1.165, 1.54) is 22.0 Å². The monoisotopic (exact) mass is 360 g/mol. The van der Waals surface area contributed by atoms with Crippen LogP contribution in [0.3, 0.4) is 0 Å². The first-order chi connectivity index (χ1) is 12.8. The van der Waals surface area contributed by atoms with Gasteiger partial charge < -0.3 is 25.1 Å². The normalized spacial score (nSPS) is 11.9. The molecule has 3 N–H and O–H groups in total. The third kappa shape index (κ3) is 6.35. The molecule has 0 radical (unpaired) electrons. The molecule has 0 fully saturated rings. The lowest BCUT2D eigenvalue weighted by Gasteiger charge is -2.11. The molecule has 144 valence electrons. The zero-order chi connectivity index (χ0) is 18.6. The summed E-state index contributed by atoms with van der Waals surface area (Å²) in [5.41, 5.74) is 3.85. The molecule has 0 bridgehead atoms. The van der Waals surface area contributed by atoms with Gasteiger partial charge in [-0.15, -0.1) is 0 Å². The van der Waals surface area contributed by atoms with Gasteiger partial charge >= 0.3 is 0 Å². The lowest BCUT2D eigenvalue weighted by molar-refractivity contribution is 0.0702. The van der Waals surface area contributed by atoms with Gasteiger partial charge in [0.1, 0.15) is 0 Å². The summed E-state index contributed by atoms with van der Waals surface area (Å²) in [7, 11) is 1.68. The van der Waals surface area contributed by atoms with Gasteiger partial charge in [0.15, 0.2) is 5.96 Å². The van der Waals surface area contributed by atoms with Crippen LogP contribution in [0.4, 0.5) is 0 Å². The first-order valence-corrected chi connectivity index (χ1v) is 9.40. The second-order valence-corrected chi connectivity index (χ2v) is 6.21. The van der Waals surface area contributed by atoms with E-state index >= 15 is 0 Å². The number of benzene rings is 1. The fourth-order valence-corrected chi connectivity index (χ4v) is 2.83. The summed E-state index contributed by atoms with van der Waals surface area (Å²) in [5, 5.41) is 8.01. The Kier molecular flexibility index (Phi) is 9.00. The Balaban J connectivity index is 1.76. The third-order valence-corrected chi connectivity index (χ3v) is 4.19. The Morgan fingerprint density at radius 2 is 2.08 bits per heavy atom. The summed E-state index contributed by atoms with van der Waals surface area (Å²) < 4.78 is 10.4. The van der Waals surface area contributed by atoms with Crippen LogP contribution in [0.5, 0.6) is 0 Å². The van der Waals surface area contributed by atoms with E-state index in [9.17, 15) is 0 Å². The van der Waals surface area contributed by atoms with E-state index in [2.05, 4.69) is 58.9 Å². The number of aryl methyl sites for hydroxylation is 1. The highest BCUT2D eigenvalue weighted by atomic mass is 16.5. The van der Waals surface area contributed by atoms with Gasteiger partial charge in [0.25, 0.3) is 0 Å². The van der Waals surface area contributed by atoms with Gasteiger partial charge in [-0.05, 0) is 37.8 Å².